The molecule has 1 heterocycles. The zero-order valence-corrected chi connectivity index (χ0v) is 22.4. The number of aryl methyl sites for hydroxylation is 1. The maximum Gasteiger partial charge on any atom is 0.271 e. The molecular weight excluding hydrogens is 528 g/mol. The number of non-ortho nitro benzene ring substituents is 1. The van der Waals surface area contributed by atoms with Gasteiger partial charge in [-0.3, -0.25) is 19.5 Å². The van der Waals surface area contributed by atoms with Crippen molar-refractivity contribution in [1.82, 2.24) is 14.8 Å². The van der Waals surface area contributed by atoms with Crippen LogP contribution in [0.2, 0.25) is 5.02 Å². The third-order valence-electron chi connectivity index (χ3n) is 5.68. The van der Waals surface area contributed by atoms with Crippen LogP contribution in [0.3, 0.4) is 0 Å². The second-order valence-corrected chi connectivity index (χ2v) is 9.99. The quantitative estimate of drug-likeness (QED) is 0.142. The van der Waals surface area contributed by atoms with Crippen LogP contribution in [0.15, 0.2) is 71.9 Å². The van der Waals surface area contributed by atoms with Gasteiger partial charge in [-0.15, -0.1) is 10.2 Å². The number of ether oxygens (including phenoxy) is 1. The first-order valence-electron chi connectivity index (χ1n) is 11.6. The van der Waals surface area contributed by atoms with Crippen LogP contribution >= 0.6 is 23.4 Å². The number of nitrogens with zero attached hydrogens (tertiary/aromatic N) is 4. The molecule has 38 heavy (non-hydrogen) atoms. The van der Waals surface area contributed by atoms with E-state index in [2.05, 4.69) is 20.8 Å². The molecule has 10 nitrogen and oxygen atoms in total. The minimum atomic E-state index is -0.584. The number of amides is 1. The van der Waals surface area contributed by atoms with Crippen molar-refractivity contribution in [2.75, 3.05) is 17.7 Å². The number of aromatic nitrogens is 3. The Morgan fingerprint density at radius 3 is 2.55 bits per heavy atom. The molecule has 0 radical (unpaired) electrons. The van der Waals surface area contributed by atoms with E-state index >= 15 is 0 Å². The second kappa shape index (κ2) is 12.0. The largest absolute Gasteiger partial charge is 0.497 e. The monoisotopic (exact) mass is 552 g/mol. The molecule has 2 N–H and O–H groups in total. The molecule has 0 fully saturated rings. The van der Waals surface area contributed by atoms with E-state index in [0.717, 1.165) is 16.9 Å². The minimum Gasteiger partial charge on any atom is -0.497 e. The van der Waals surface area contributed by atoms with Crippen molar-refractivity contribution in [3.8, 4) is 11.4 Å². The lowest BCUT2D eigenvalue weighted by atomic mass is 10.2. The van der Waals surface area contributed by atoms with Gasteiger partial charge in [0.1, 0.15) is 5.75 Å². The Balaban J connectivity index is 1.58. The summed E-state index contributed by atoms with van der Waals surface area (Å²) in [7, 11) is 1.59. The number of hydrogen-bond donors (Lipinski definition) is 2. The standard InChI is InChI=1S/C26H25ClN6O4S/c1-16-8-9-19(33(35)36)14-23(16)29-25(34)17(2)38-26-31-30-24(15-28-22-7-5-4-6-21(22)27)32(26)18-10-12-20(37-3)13-11-18/h4-14,17,28H,15H2,1-3H3,(H,29,34)/t17-/m0/s1. The number of hydrogen-bond acceptors (Lipinski definition) is 8. The molecule has 1 atom stereocenters. The van der Waals surface area contributed by atoms with E-state index in [1.165, 1.54) is 23.9 Å². The van der Waals surface area contributed by atoms with Crippen molar-refractivity contribution in [3.63, 3.8) is 0 Å². The summed E-state index contributed by atoms with van der Waals surface area (Å²) in [5, 5.41) is 26.5. The number of carbonyl (C=O) groups excluding carboxylic acids is 1. The SMILES string of the molecule is COc1ccc(-n2c(CNc3ccccc3Cl)nnc2S[C@@H](C)C(=O)Nc2cc([N+](=O)[O-])ccc2C)cc1. The fraction of sp³-hybridized carbons (Fsp3) is 0.192. The molecule has 0 saturated heterocycles. The molecule has 1 amide bonds. The number of halogens is 1. The van der Waals surface area contributed by atoms with Crippen molar-refractivity contribution in [1.29, 1.82) is 0 Å². The van der Waals surface area contributed by atoms with Crippen molar-refractivity contribution in [2.24, 2.45) is 0 Å². The maximum atomic E-state index is 13.0. The zero-order chi connectivity index (χ0) is 27.2. The number of methoxy groups -OCH3 is 1. The predicted octanol–water partition coefficient (Wildman–Crippen LogP) is 5.88. The Hall–Kier alpha value is -4.09. The van der Waals surface area contributed by atoms with Crippen LogP contribution in [0.25, 0.3) is 5.69 Å². The fourth-order valence-corrected chi connectivity index (χ4v) is 4.65. The number of carbonyl (C=O) groups is 1. The Labute approximate surface area is 228 Å². The lowest BCUT2D eigenvalue weighted by Gasteiger charge is -2.15. The van der Waals surface area contributed by atoms with Crippen LogP contribution in [-0.2, 0) is 11.3 Å². The van der Waals surface area contributed by atoms with Crippen molar-refractivity contribution in [2.45, 2.75) is 30.8 Å². The van der Waals surface area contributed by atoms with Crippen LogP contribution in [0.1, 0.15) is 18.3 Å². The van der Waals surface area contributed by atoms with Gasteiger partial charge < -0.3 is 15.4 Å². The molecule has 0 saturated carbocycles. The van der Waals surface area contributed by atoms with Gasteiger partial charge in [0.05, 0.1) is 40.2 Å². The van der Waals surface area contributed by atoms with Gasteiger partial charge >= 0.3 is 0 Å². The number of nitro groups is 1. The van der Waals surface area contributed by atoms with Crippen LogP contribution in [0.4, 0.5) is 17.1 Å². The molecule has 12 heteroatoms. The van der Waals surface area contributed by atoms with E-state index in [1.54, 1.807) is 33.1 Å². The molecule has 0 aliphatic rings. The highest BCUT2D eigenvalue weighted by Crippen LogP contribution is 2.29. The highest BCUT2D eigenvalue weighted by Gasteiger charge is 2.22. The van der Waals surface area contributed by atoms with E-state index in [1.807, 2.05) is 47.0 Å². The first-order chi connectivity index (χ1) is 18.3. The van der Waals surface area contributed by atoms with Gasteiger partial charge in [-0.05, 0) is 55.8 Å². The van der Waals surface area contributed by atoms with E-state index in [-0.39, 0.29) is 11.6 Å². The van der Waals surface area contributed by atoms with Crippen LogP contribution < -0.4 is 15.4 Å². The summed E-state index contributed by atoms with van der Waals surface area (Å²) in [6.45, 7) is 3.84. The van der Waals surface area contributed by atoms with Gasteiger partial charge in [0.15, 0.2) is 11.0 Å². The second-order valence-electron chi connectivity index (χ2n) is 8.27. The van der Waals surface area contributed by atoms with Crippen molar-refractivity contribution < 1.29 is 14.5 Å². The normalized spacial score (nSPS) is 11.6. The number of nitro benzene ring substituents is 1. The maximum absolute atomic E-state index is 13.0. The topological polar surface area (TPSA) is 124 Å². The average molecular weight is 553 g/mol. The van der Waals surface area contributed by atoms with Gasteiger partial charge in [-0.25, -0.2) is 0 Å². The molecule has 0 spiro atoms. The number of benzene rings is 3. The number of thioether (sulfide) groups is 1. The van der Waals surface area contributed by atoms with Gasteiger partial charge in [-0.1, -0.05) is 41.6 Å². The molecule has 3 aromatic carbocycles. The fourth-order valence-electron chi connectivity index (χ4n) is 3.56. The highest BCUT2D eigenvalue weighted by molar-refractivity contribution is 8.00. The smallest absolute Gasteiger partial charge is 0.271 e. The average Bonchev–Trinajstić information content (AvgIpc) is 3.31. The summed E-state index contributed by atoms with van der Waals surface area (Å²) in [5.74, 6) is 0.991. The third kappa shape index (κ3) is 6.24. The zero-order valence-electron chi connectivity index (χ0n) is 20.8. The van der Waals surface area contributed by atoms with Crippen molar-refractivity contribution in [3.05, 3.63) is 93.3 Å². The Morgan fingerprint density at radius 1 is 1.13 bits per heavy atom. The van der Waals surface area contributed by atoms with Gasteiger partial charge in [-0.2, -0.15) is 0 Å². The van der Waals surface area contributed by atoms with Gasteiger partial charge in [0, 0.05) is 17.8 Å². The number of nitrogens with one attached hydrogen (secondary N) is 2. The van der Waals surface area contributed by atoms with E-state index in [9.17, 15) is 14.9 Å². The Bertz CT molecular complexity index is 1460. The highest BCUT2D eigenvalue weighted by atomic mass is 35.5. The van der Waals surface area contributed by atoms with Gasteiger partial charge in [0.2, 0.25) is 5.91 Å². The third-order valence-corrected chi connectivity index (χ3v) is 7.06. The van der Waals surface area contributed by atoms with Crippen LogP contribution in [-0.4, -0.2) is 38.0 Å². The Kier molecular flexibility index (Phi) is 8.49. The van der Waals surface area contributed by atoms with Crippen molar-refractivity contribution >= 4 is 46.3 Å². The summed E-state index contributed by atoms with van der Waals surface area (Å²) < 4.78 is 7.14. The molecule has 196 valence electrons. The summed E-state index contributed by atoms with van der Waals surface area (Å²) >= 11 is 7.51. The Morgan fingerprint density at radius 2 is 1.87 bits per heavy atom. The van der Waals surface area contributed by atoms with Crippen LogP contribution in [0, 0.1) is 17.0 Å². The molecule has 0 aliphatic carbocycles. The number of anilines is 2. The first-order valence-corrected chi connectivity index (χ1v) is 12.8. The van der Waals surface area contributed by atoms with Crippen LogP contribution in [0.5, 0.6) is 5.75 Å². The van der Waals surface area contributed by atoms with Gasteiger partial charge in [0.25, 0.3) is 5.69 Å². The minimum absolute atomic E-state index is 0.0962. The molecule has 0 unspecified atom stereocenters. The lowest BCUT2D eigenvalue weighted by molar-refractivity contribution is -0.384. The summed E-state index contributed by atoms with van der Waals surface area (Å²) in [6.07, 6.45) is 0. The summed E-state index contributed by atoms with van der Waals surface area (Å²) in [4.78, 5) is 23.7. The van der Waals surface area contributed by atoms with E-state index in [0.29, 0.717) is 34.0 Å². The molecule has 0 aliphatic heterocycles. The first kappa shape index (κ1) is 27.0. The van der Waals surface area contributed by atoms with E-state index in [4.69, 9.17) is 16.3 Å². The number of rotatable bonds is 10. The summed E-state index contributed by atoms with van der Waals surface area (Å²) in [6, 6.07) is 19.2. The number of para-hydroxylation sites is 1. The van der Waals surface area contributed by atoms with E-state index < -0.39 is 10.2 Å². The predicted molar refractivity (Wildman–Crippen MR) is 148 cm³/mol. The summed E-state index contributed by atoms with van der Waals surface area (Å²) in [5.41, 5.74) is 2.55. The molecule has 4 aromatic rings. The molecule has 4 rings (SSSR count). The molecular formula is C26H25ClN6O4S. The molecule has 1 aromatic heterocycles. The lowest BCUT2D eigenvalue weighted by Crippen LogP contribution is -2.23. The molecule has 0 bridgehead atoms.